The number of benzene rings is 1. The molecule has 0 aliphatic carbocycles. The second kappa shape index (κ2) is 6.21. The fourth-order valence-corrected chi connectivity index (χ4v) is 2.07. The van der Waals surface area contributed by atoms with Crippen LogP contribution in [0.5, 0.6) is 0 Å². The Morgan fingerprint density at radius 1 is 1.24 bits per heavy atom. The third-order valence-electron chi connectivity index (χ3n) is 2.99. The van der Waals surface area contributed by atoms with Crippen LogP contribution in [-0.2, 0) is 9.53 Å². The van der Waals surface area contributed by atoms with E-state index in [9.17, 15) is 14.4 Å². The molecule has 2 amide bonds. The summed E-state index contributed by atoms with van der Waals surface area (Å²) in [5.74, 6) is -1.14. The van der Waals surface area contributed by atoms with Gasteiger partial charge in [-0.15, -0.1) is 0 Å². The zero-order valence-electron chi connectivity index (χ0n) is 11.7. The van der Waals surface area contributed by atoms with Crippen LogP contribution in [0.1, 0.15) is 34.1 Å². The van der Waals surface area contributed by atoms with E-state index in [2.05, 4.69) is 0 Å². The van der Waals surface area contributed by atoms with Gasteiger partial charge in [0.25, 0.3) is 11.8 Å². The summed E-state index contributed by atoms with van der Waals surface area (Å²) in [7, 11) is 0. The summed E-state index contributed by atoms with van der Waals surface area (Å²) in [5.41, 5.74) is 6.54. The van der Waals surface area contributed by atoms with Crippen molar-refractivity contribution < 1.29 is 19.1 Å². The summed E-state index contributed by atoms with van der Waals surface area (Å²) in [6.07, 6.45) is 1.57. The highest BCUT2D eigenvalue weighted by molar-refractivity contribution is 6.21. The minimum Gasteiger partial charge on any atom is -0.462 e. The summed E-state index contributed by atoms with van der Waals surface area (Å²) >= 11 is 0. The lowest BCUT2D eigenvalue weighted by Crippen LogP contribution is -2.31. The molecule has 0 bridgehead atoms. The Labute approximate surface area is 122 Å². The average molecular weight is 288 g/mol. The van der Waals surface area contributed by atoms with Crippen LogP contribution in [0.2, 0.25) is 0 Å². The number of nitrogens with zero attached hydrogens (tertiary/aromatic N) is 1. The van der Waals surface area contributed by atoms with Crippen LogP contribution in [0.25, 0.3) is 0 Å². The fraction of sp³-hybridized carbons (Fsp3) is 0.267. The second-order valence-corrected chi connectivity index (χ2v) is 4.72. The highest BCUT2D eigenvalue weighted by Gasteiger charge is 2.34. The van der Waals surface area contributed by atoms with E-state index in [0.717, 1.165) is 0 Å². The molecular weight excluding hydrogens is 272 g/mol. The van der Waals surface area contributed by atoms with Crippen LogP contribution in [-0.4, -0.2) is 35.8 Å². The van der Waals surface area contributed by atoms with Crippen molar-refractivity contribution in [1.82, 2.24) is 4.90 Å². The normalized spacial score (nSPS) is 14.3. The number of allylic oxidation sites excluding steroid dienone is 1. The molecule has 1 aromatic carbocycles. The Hall–Kier alpha value is -2.63. The molecule has 110 valence electrons. The van der Waals surface area contributed by atoms with Crippen molar-refractivity contribution in [3.05, 3.63) is 47.2 Å². The monoisotopic (exact) mass is 288 g/mol. The molecular formula is C15H16N2O4. The van der Waals surface area contributed by atoms with Gasteiger partial charge in [0.2, 0.25) is 0 Å². The van der Waals surface area contributed by atoms with Gasteiger partial charge in [0.1, 0.15) is 0 Å². The van der Waals surface area contributed by atoms with Crippen LogP contribution >= 0.6 is 0 Å². The third-order valence-corrected chi connectivity index (χ3v) is 2.99. The predicted molar refractivity (Wildman–Crippen MR) is 75.3 cm³/mol. The van der Waals surface area contributed by atoms with E-state index in [1.54, 1.807) is 31.2 Å². The van der Waals surface area contributed by atoms with E-state index < -0.39 is 5.97 Å². The maximum Gasteiger partial charge on any atom is 0.332 e. The van der Waals surface area contributed by atoms with Crippen molar-refractivity contribution >= 4 is 17.8 Å². The van der Waals surface area contributed by atoms with Crippen molar-refractivity contribution in [2.75, 3.05) is 13.2 Å². The number of rotatable bonds is 5. The van der Waals surface area contributed by atoms with Gasteiger partial charge in [-0.05, 0) is 25.5 Å². The molecule has 0 saturated heterocycles. The Balaban J connectivity index is 1.86. The van der Waals surface area contributed by atoms with E-state index in [4.69, 9.17) is 10.5 Å². The first-order valence-electron chi connectivity index (χ1n) is 6.56. The first-order valence-corrected chi connectivity index (χ1v) is 6.56. The lowest BCUT2D eigenvalue weighted by Gasteiger charge is -2.13. The molecule has 0 unspecified atom stereocenters. The Bertz CT molecular complexity index is 583. The van der Waals surface area contributed by atoms with Crippen molar-refractivity contribution in [2.45, 2.75) is 13.3 Å². The van der Waals surface area contributed by atoms with Crippen molar-refractivity contribution in [3.8, 4) is 0 Å². The molecule has 0 radical (unpaired) electrons. The highest BCUT2D eigenvalue weighted by atomic mass is 16.5. The number of hydrogen-bond donors (Lipinski definition) is 1. The van der Waals surface area contributed by atoms with Crippen LogP contribution in [0, 0.1) is 0 Å². The number of hydrogen-bond acceptors (Lipinski definition) is 5. The van der Waals surface area contributed by atoms with E-state index >= 15 is 0 Å². The largest absolute Gasteiger partial charge is 0.462 e. The van der Waals surface area contributed by atoms with Crippen LogP contribution in [0.15, 0.2) is 36.0 Å². The molecule has 0 aromatic heterocycles. The van der Waals surface area contributed by atoms with Crippen LogP contribution in [0.3, 0.4) is 0 Å². The lowest BCUT2D eigenvalue weighted by atomic mass is 10.1. The summed E-state index contributed by atoms with van der Waals surface area (Å²) in [6.45, 7) is 1.92. The molecule has 0 fully saturated rings. The van der Waals surface area contributed by atoms with Crippen molar-refractivity contribution in [2.24, 2.45) is 5.73 Å². The molecule has 2 rings (SSSR count). The average Bonchev–Trinajstić information content (AvgIpc) is 2.68. The number of nitrogens with two attached hydrogens (primary N) is 1. The number of carbonyl (C=O) groups excluding carboxylic acids is 3. The molecule has 1 aliphatic rings. The zero-order chi connectivity index (χ0) is 15.4. The van der Waals surface area contributed by atoms with Crippen molar-refractivity contribution in [3.63, 3.8) is 0 Å². The Morgan fingerprint density at radius 3 is 2.33 bits per heavy atom. The van der Waals surface area contributed by atoms with Gasteiger partial charge in [-0.2, -0.15) is 0 Å². The number of carbonyl (C=O) groups is 3. The first kappa shape index (κ1) is 14.8. The number of ether oxygens (including phenoxy) is 1. The van der Waals surface area contributed by atoms with Gasteiger partial charge < -0.3 is 10.5 Å². The van der Waals surface area contributed by atoms with Gasteiger partial charge in [-0.3, -0.25) is 14.5 Å². The molecule has 1 aromatic rings. The molecule has 1 heterocycles. The molecule has 0 spiro atoms. The van der Waals surface area contributed by atoms with E-state index in [1.807, 2.05) is 0 Å². The van der Waals surface area contributed by atoms with Crippen LogP contribution in [0.4, 0.5) is 0 Å². The SMILES string of the molecule is CC(N)=CC(=O)OCCCN1C(=O)c2ccccc2C1=O. The quantitative estimate of drug-likeness (QED) is 0.379. The van der Waals surface area contributed by atoms with Gasteiger partial charge in [0.05, 0.1) is 17.7 Å². The number of imide groups is 1. The van der Waals surface area contributed by atoms with E-state index in [1.165, 1.54) is 11.0 Å². The van der Waals surface area contributed by atoms with E-state index in [-0.39, 0.29) is 25.0 Å². The van der Waals surface area contributed by atoms with E-state index in [0.29, 0.717) is 23.2 Å². The summed E-state index contributed by atoms with van der Waals surface area (Å²) < 4.78 is 4.92. The molecule has 6 nitrogen and oxygen atoms in total. The third kappa shape index (κ3) is 3.28. The molecule has 1 aliphatic heterocycles. The molecule has 21 heavy (non-hydrogen) atoms. The maximum absolute atomic E-state index is 12.1. The molecule has 6 heteroatoms. The number of amides is 2. The van der Waals surface area contributed by atoms with Gasteiger partial charge in [0, 0.05) is 18.3 Å². The topological polar surface area (TPSA) is 89.7 Å². The zero-order valence-corrected chi connectivity index (χ0v) is 11.7. The second-order valence-electron chi connectivity index (χ2n) is 4.72. The summed E-state index contributed by atoms with van der Waals surface area (Å²) in [5, 5.41) is 0. The fourth-order valence-electron chi connectivity index (χ4n) is 2.07. The lowest BCUT2D eigenvalue weighted by molar-refractivity contribution is -0.137. The minimum atomic E-state index is -0.530. The smallest absolute Gasteiger partial charge is 0.332 e. The Kier molecular flexibility index (Phi) is 4.37. The van der Waals surface area contributed by atoms with Gasteiger partial charge in [0.15, 0.2) is 0 Å². The molecule has 2 N–H and O–H groups in total. The maximum atomic E-state index is 12.1. The summed E-state index contributed by atoms with van der Waals surface area (Å²) in [6, 6.07) is 6.70. The van der Waals surface area contributed by atoms with Crippen molar-refractivity contribution in [1.29, 1.82) is 0 Å². The van der Waals surface area contributed by atoms with Gasteiger partial charge >= 0.3 is 5.97 Å². The standard InChI is InChI=1S/C15H16N2O4/c1-10(16)9-13(18)21-8-4-7-17-14(19)11-5-2-3-6-12(11)15(17)20/h2-3,5-6,9H,4,7-8,16H2,1H3. The highest BCUT2D eigenvalue weighted by Crippen LogP contribution is 2.22. The van der Waals surface area contributed by atoms with Gasteiger partial charge in [-0.25, -0.2) is 4.79 Å². The van der Waals surface area contributed by atoms with Gasteiger partial charge in [-0.1, -0.05) is 12.1 Å². The van der Waals surface area contributed by atoms with Crippen LogP contribution < -0.4 is 5.73 Å². The first-order chi connectivity index (χ1) is 10.0. The summed E-state index contributed by atoms with van der Waals surface area (Å²) in [4.78, 5) is 36.5. The number of esters is 1. The molecule has 0 atom stereocenters. The molecule has 0 saturated carbocycles. The Morgan fingerprint density at radius 2 is 1.81 bits per heavy atom. The predicted octanol–water partition coefficient (Wildman–Crippen LogP) is 1.08. The number of fused-ring (bicyclic) bond motifs is 1. The minimum absolute atomic E-state index is 0.121.